The molecule has 3 atom stereocenters. The molecule has 37 heavy (non-hydrogen) atoms. The third-order valence-electron chi connectivity index (χ3n) is 7.94. The molecule has 2 heterocycles. The van der Waals surface area contributed by atoms with E-state index < -0.39 is 18.2 Å². The molecule has 0 spiro atoms. The molecule has 198 valence electrons. The average molecular weight is 506 g/mol. The van der Waals surface area contributed by atoms with Crippen molar-refractivity contribution in [3.63, 3.8) is 0 Å². The zero-order valence-electron chi connectivity index (χ0n) is 21.7. The highest BCUT2D eigenvalue weighted by Crippen LogP contribution is 2.36. The Kier molecular flexibility index (Phi) is 8.15. The van der Waals surface area contributed by atoms with E-state index in [1.54, 1.807) is 4.52 Å². The lowest BCUT2D eigenvalue weighted by Gasteiger charge is -2.32. The number of nitrogens with zero attached hydrogens (tertiary/aromatic N) is 4. The van der Waals surface area contributed by atoms with Crippen LogP contribution >= 0.6 is 0 Å². The van der Waals surface area contributed by atoms with Gasteiger partial charge in [-0.25, -0.2) is 0 Å². The van der Waals surface area contributed by atoms with Gasteiger partial charge < -0.3 is 15.5 Å². The molecule has 5 rings (SSSR count). The SMILES string of the molecule is CCCc1cc(-c2ccccc2)nn2c(CC(=O)N[C@@H](CC3CCCCC3)[C@@H](O)[C@@H](O)C3CC3)nnc12. The fourth-order valence-electron chi connectivity index (χ4n) is 5.72. The number of carbonyl (C=O) groups is 1. The standard InChI is InChI=1S/C29H39N5O3/c1-2-9-22-17-23(20-12-7-4-8-13-20)33-34-25(31-32-29(22)34)18-26(35)30-24(16-19-10-5-3-6-11-19)28(37)27(36)21-14-15-21/h4,7-8,12-13,17,19,21,24,27-28,36-37H,2-3,5-6,9-11,14-16,18H2,1H3,(H,30,35)/t24-,27-,28+/m0/s1. The predicted octanol–water partition coefficient (Wildman–Crippen LogP) is 3.87. The molecular weight excluding hydrogens is 466 g/mol. The molecule has 2 aliphatic rings. The van der Waals surface area contributed by atoms with Crippen LogP contribution in [0.2, 0.25) is 0 Å². The molecule has 8 heteroatoms. The Labute approximate surface area is 218 Å². The molecule has 0 aliphatic heterocycles. The van der Waals surface area contributed by atoms with Gasteiger partial charge in [0.2, 0.25) is 5.91 Å². The number of aliphatic hydroxyl groups excluding tert-OH is 2. The van der Waals surface area contributed by atoms with Gasteiger partial charge in [-0.1, -0.05) is 75.8 Å². The molecule has 3 N–H and O–H groups in total. The lowest BCUT2D eigenvalue weighted by atomic mass is 9.82. The molecule has 1 aromatic carbocycles. The first kappa shape index (κ1) is 25.8. The monoisotopic (exact) mass is 505 g/mol. The van der Waals surface area contributed by atoms with Crippen molar-refractivity contribution in [2.45, 2.75) is 95.8 Å². The Morgan fingerprint density at radius 2 is 1.84 bits per heavy atom. The highest BCUT2D eigenvalue weighted by atomic mass is 16.3. The summed E-state index contributed by atoms with van der Waals surface area (Å²) in [6.45, 7) is 2.12. The molecule has 1 amide bonds. The number of nitrogens with one attached hydrogen (secondary N) is 1. The van der Waals surface area contributed by atoms with E-state index in [0.717, 1.165) is 55.3 Å². The molecular formula is C29H39N5O3. The molecule has 8 nitrogen and oxygen atoms in total. The fraction of sp³-hybridized carbons (Fsp3) is 0.586. The lowest BCUT2D eigenvalue weighted by molar-refractivity contribution is -0.123. The van der Waals surface area contributed by atoms with E-state index in [9.17, 15) is 15.0 Å². The van der Waals surface area contributed by atoms with Crippen molar-refractivity contribution in [3.05, 3.63) is 47.8 Å². The number of rotatable bonds is 11. The van der Waals surface area contributed by atoms with Gasteiger partial charge in [-0.3, -0.25) is 4.79 Å². The van der Waals surface area contributed by atoms with Gasteiger partial charge in [0.1, 0.15) is 6.10 Å². The van der Waals surface area contributed by atoms with E-state index in [2.05, 4.69) is 28.5 Å². The molecule has 2 aromatic heterocycles. The van der Waals surface area contributed by atoms with E-state index >= 15 is 0 Å². The number of aliphatic hydroxyl groups is 2. The first-order valence-electron chi connectivity index (χ1n) is 14.0. The normalized spacial score (nSPS) is 19.0. The van der Waals surface area contributed by atoms with Crippen LogP contribution in [0.5, 0.6) is 0 Å². The number of fused-ring (bicyclic) bond motifs is 1. The maximum atomic E-state index is 13.3. The van der Waals surface area contributed by atoms with Gasteiger partial charge in [0.25, 0.3) is 0 Å². The van der Waals surface area contributed by atoms with Gasteiger partial charge in [-0.2, -0.15) is 9.61 Å². The van der Waals surface area contributed by atoms with Crippen molar-refractivity contribution in [1.29, 1.82) is 0 Å². The zero-order valence-corrected chi connectivity index (χ0v) is 21.7. The lowest BCUT2D eigenvalue weighted by Crippen LogP contribution is -2.50. The summed E-state index contributed by atoms with van der Waals surface area (Å²) in [5, 5.41) is 38.2. The second kappa shape index (κ2) is 11.7. The van der Waals surface area contributed by atoms with Crippen LogP contribution in [-0.2, 0) is 17.6 Å². The summed E-state index contributed by atoms with van der Waals surface area (Å²) in [5.74, 6) is 0.830. The smallest absolute Gasteiger partial charge is 0.228 e. The molecule has 0 saturated heterocycles. The highest BCUT2D eigenvalue weighted by molar-refractivity contribution is 5.78. The first-order chi connectivity index (χ1) is 18.0. The van der Waals surface area contributed by atoms with E-state index in [4.69, 9.17) is 5.10 Å². The second-order valence-corrected chi connectivity index (χ2v) is 10.9. The van der Waals surface area contributed by atoms with Crippen LogP contribution in [0.1, 0.15) is 76.1 Å². The minimum Gasteiger partial charge on any atom is -0.390 e. The van der Waals surface area contributed by atoms with E-state index in [1.165, 1.54) is 19.3 Å². The van der Waals surface area contributed by atoms with Crippen LogP contribution in [-0.4, -0.2) is 54.2 Å². The van der Waals surface area contributed by atoms with Crippen LogP contribution in [0.25, 0.3) is 16.9 Å². The van der Waals surface area contributed by atoms with E-state index in [-0.39, 0.29) is 18.2 Å². The second-order valence-electron chi connectivity index (χ2n) is 10.9. The summed E-state index contributed by atoms with van der Waals surface area (Å²) < 4.78 is 1.69. The quantitative estimate of drug-likeness (QED) is 0.365. The maximum absolute atomic E-state index is 13.3. The number of hydrogen-bond acceptors (Lipinski definition) is 6. The topological polar surface area (TPSA) is 113 Å². The van der Waals surface area contributed by atoms with Crippen molar-refractivity contribution >= 4 is 11.6 Å². The van der Waals surface area contributed by atoms with Gasteiger partial charge in [0, 0.05) is 11.1 Å². The summed E-state index contributed by atoms with van der Waals surface area (Å²) in [6, 6.07) is 11.6. The van der Waals surface area contributed by atoms with Crippen LogP contribution in [0.3, 0.4) is 0 Å². The number of carbonyl (C=O) groups excluding carboxylic acids is 1. The fourth-order valence-corrected chi connectivity index (χ4v) is 5.72. The molecule has 0 bridgehead atoms. The van der Waals surface area contributed by atoms with Crippen molar-refractivity contribution in [2.24, 2.45) is 11.8 Å². The molecule has 3 aromatic rings. The van der Waals surface area contributed by atoms with Crippen molar-refractivity contribution in [2.75, 3.05) is 0 Å². The van der Waals surface area contributed by atoms with Crippen LogP contribution in [0, 0.1) is 11.8 Å². The largest absolute Gasteiger partial charge is 0.390 e. The molecule has 2 saturated carbocycles. The van der Waals surface area contributed by atoms with Gasteiger partial charge in [0.05, 0.1) is 24.3 Å². The summed E-state index contributed by atoms with van der Waals surface area (Å²) in [5.41, 5.74) is 3.53. The molecule has 0 unspecified atom stereocenters. The summed E-state index contributed by atoms with van der Waals surface area (Å²) in [7, 11) is 0. The van der Waals surface area contributed by atoms with Crippen LogP contribution < -0.4 is 5.32 Å². The minimum absolute atomic E-state index is 0.00534. The van der Waals surface area contributed by atoms with E-state index in [1.807, 2.05) is 30.3 Å². The van der Waals surface area contributed by atoms with Gasteiger partial charge in [0.15, 0.2) is 11.5 Å². The van der Waals surface area contributed by atoms with Gasteiger partial charge >= 0.3 is 0 Å². The van der Waals surface area contributed by atoms with Crippen LogP contribution in [0.4, 0.5) is 0 Å². The molecule has 0 radical (unpaired) electrons. The predicted molar refractivity (Wildman–Crippen MR) is 142 cm³/mol. The van der Waals surface area contributed by atoms with Gasteiger partial charge in [-0.05, 0) is 43.6 Å². The number of aryl methyl sites for hydroxylation is 1. The number of amides is 1. The van der Waals surface area contributed by atoms with Crippen molar-refractivity contribution < 1.29 is 15.0 Å². The zero-order chi connectivity index (χ0) is 25.8. The Hall–Kier alpha value is -2.84. The molecule has 2 aliphatic carbocycles. The summed E-state index contributed by atoms with van der Waals surface area (Å²) >= 11 is 0. The Morgan fingerprint density at radius 1 is 1.08 bits per heavy atom. The number of hydrogen-bond donors (Lipinski definition) is 3. The van der Waals surface area contributed by atoms with E-state index in [0.29, 0.717) is 23.8 Å². The van der Waals surface area contributed by atoms with Crippen LogP contribution in [0.15, 0.2) is 36.4 Å². The number of benzene rings is 1. The Morgan fingerprint density at radius 3 is 2.54 bits per heavy atom. The third-order valence-corrected chi connectivity index (χ3v) is 7.94. The summed E-state index contributed by atoms with van der Waals surface area (Å²) in [6.07, 6.45) is 8.44. The first-order valence-corrected chi connectivity index (χ1v) is 14.0. The maximum Gasteiger partial charge on any atom is 0.228 e. The van der Waals surface area contributed by atoms with Gasteiger partial charge in [-0.15, -0.1) is 10.2 Å². The third kappa shape index (κ3) is 6.18. The molecule has 2 fully saturated rings. The Bertz CT molecular complexity index is 1190. The number of aromatic nitrogens is 4. The average Bonchev–Trinajstić information content (AvgIpc) is 3.70. The minimum atomic E-state index is -0.965. The Balaban J connectivity index is 1.36. The summed E-state index contributed by atoms with van der Waals surface area (Å²) in [4.78, 5) is 13.3. The van der Waals surface area contributed by atoms with Crippen molar-refractivity contribution in [1.82, 2.24) is 25.1 Å². The van der Waals surface area contributed by atoms with Crippen molar-refractivity contribution in [3.8, 4) is 11.3 Å². The highest BCUT2D eigenvalue weighted by Gasteiger charge is 2.39.